The molecule has 1 atom stereocenters. The van der Waals surface area contributed by atoms with Gasteiger partial charge in [-0.2, -0.15) is 0 Å². The third-order valence-electron chi connectivity index (χ3n) is 6.47. The zero-order valence-electron chi connectivity index (χ0n) is 19.3. The van der Waals surface area contributed by atoms with Gasteiger partial charge in [-0.15, -0.1) is 0 Å². The zero-order chi connectivity index (χ0) is 24.8. The molecule has 0 aromatic heterocycles. The molecule has 4 aromatic rings. The van der Waals surface area contributed by atoms with Gasteiger partial charge in [-0.25, -0.2) is 0 Å². The van der Waals surface area contributed by atoms with E-state index in [1.807, 2.05) is 48.5 Å². The number of aliphatic hydroxyl groups is 1. The highest BCUT2D eigenvalue weighted by atomic mass is 16.3. The van der Waals surface area contributed by atoms with Crippen molar-refractivity contribution < 1.29 is 25.5 Å². The number of phenols is 4. The van der Waals surface area contributed by atoms with E-state index in [1.165, 1.54) is 0 Å². The molecule has 0 aliphatic carbocycles. The molecule has 4 rings (SSSR count). The van der Waals surface area contributed by atoms with Crippen molar-refractivity contribution in [1.82, 2.24) is 0 Å². The molecule has 0 heterocycles. The third-order valence-corrected chi connectivity index (χ3v) is 6.47. The molecule has 0 radical (unpaired) electrons. The lowest BCUT2D eigenvalue weighted by Gasteiger charge is -2.25. The van der Waals surface area contributed by atoms with Crippen molar-refractivity contribution >= 4 is 0 Å². The maximum Gasteiger partial charge on any atom is 0.115 e. The second kappa shape index (κ2) is 11.0. The molecule has 180 valence electrons. The molecule has 0 aliphatic rings. The summed E-state index contributed by atoms with van der Waals surface area (Å²) in [5, 5.41) is 50.1. The minimum Gasteiger partial charge on any atom is -0.508 e. The van der Waals surface area contributed by atoms with Crippen LogP contribution in [0.4, 0.5) is 0 Å². The van der Waals surface area contributed by atoms with Gasteiger partial charge in [0.15, 0.2) is 0 Å². The van der Waals surface area contributed by atoms with Crippen molar-refractivity contribution in [2.75, 3.05) is 0 Å². The van der Waals surface area contributed by atoms with Gasteiger partial charge in [0.2, 0.25) is 0 Å². The summed E-state index contributed by atoms with van der Waals surface area (Å²) >= 11 is 0. The molecule has 4 aromatic carbocycles. The first kappa shape index (κ1) is 24.2. The van der Waals surface area contributed by atoms with Crippen LogP contribution >= 0.6 is 0 Å². The summed E-state index contributed by atoms with van der Waals surface area (Å²) in [5.41, 5.74) is 3.87. The molecule has 0 fully saturated rings. The molecular weight excluding hydrogens is 440 g/mol. The average Bonchev–Trinajstić information content (AvgIpc) is 2.86. The lowest BCUT2D eigenvalue weighted by molar-refractivity contribution is 0.143. The summed E-state index contributed by atoms with van der Waals surface area (Å²) in [4.78, 5) is 0. The largest absolute Gasteiger partial charge is 0.508 e. The Kier molecular flexibility index (Phi) is 7.58. The molecule has 0 aliphatic heterocycles. The molecule has 35 heavy (non-hydrogen) atoms. The van der Waals surface area contributed by atoms with Gasteiger partial charge in [-0.3, -0.25) is 0 Å². The Morgan fingerprint density at radius 3 is 1.09 bits per heavy atom. The molecule has 0 spiro atoms. The Morgan fingerprint density at radius 1 is 0.429 bits per heavy atom. The lowest BCUT2D eigenvalue weighted by atomic mass is 9.82. The van der Waals surface area contributed by atoms with Crippen LogP contribution in [0.15, 0.2) is 97.1 Å². The number of benzene rings is 4. The van der Waals surface area contributed by atoms with Gasteiger partial charge in [0.25, 0.3) is 0 Å². The van der Waals surface area contributed by atoms with E-state index in [-0.39, 0.29) is 34.8 Å². The van der Waals surface area contributed by atoms with Crippen molar-refractivity contribution in [1.29, 1.82) is 0 Å². The second-order valence-electron chi connectivity index (χ2n) is 8.89. The second-order valence-corrected chi connectivity index (χ2v) is 8.89. The molecule has 5 nitrogen and oxygen atoms in total. The predicted octanol–water partition coefficient (Wildman–Crippen LogP) is 6.00. The fourth-order valence-electron chi connectivity index (χ4n) is 4.64. The van der Waals surface area contributed by atoms with E-state index in [0.29, 0.717) is 6.42 Å². The highest BCUT2D eigenvalue weighted by Crippen LogP contribution is 2.35. The molecule has 0 amide bonds. The van der Waals surface area contributed by atoms with Gasteiger partial charge in [-0.1, -0.05) is 48.5 Å². The quantitative estimate of drug-likeness (QED) is 0.206. The summed E-state index contributed by atoms with van der Waals surface area (Å²) in [7, 11) is 0. The Balaban J connectivity index is 1.53. The van der Waals surface area contributed by atoms with Gasteiger partial charge in [0, 0.05) is 11.8 Å². The van der Waals surface area contributed by atoms with Crippen LogP contribution < -0.4 is 0 Å². The summed E-state index contributed by atoms with van der Waals surface area (Å²) < 4.78 is 0. The Bertz CT molecular complexity index is 1110. The number of phenolic OH excluding ortho intramolecular Hbond substituents is 4. The van der Waals surface area contributed by atoms with E-state index in [2.05, 4.69) is 0 Å². The van der Waals surface area contributed by atoms with E-state index in [1.54, 1.807) is 48.5 Å². The summed E-state index contributed by atoms with van der Waals surface area (Å²) in [6.07, 6.45) is 1.37. The van der Waals surface area contributed by atoms with Gasteiger partial charge in [0.1, 0.15) is 23.0 Å². The van der Waals surface area contributed by atoms with Gasteiger partial charge in [-0.05, 0) is 90.0 Å². The SMILES string of the molecule is Oc1ccc(C(CCCC(O)C(c2ccc(O)cc2)c2ccc(O)cc2)c2ccc(O)cc2)cc1. The maximum atomic E-state index is 11.3. The molecule has 5 N–H and O–H groups in total. The number of aromatic hydroxyl groups is 4. The van der Waals surface area contributed by atoms with Crippen LogP contribution in [0.25, 0.3) is 0 Å². The summed E-state index contributed by atoms with van der Waals surface area (Å²) in [6.45, 7) is 0. The van der Waals surface area contributed by atoms with Crippen LogP contribution in [0.5, 0.6) is 23.0 Å². The molecule has 5 heteroatoms. The molecule has 0 saturated heterocycles. The molecule has 0 bridgehead atoms. The lowest BCUT2D eigenvalue weighted by Crippen LogP contribution is -2.20. The molecule has 1 unspecified atom stereocenters. The number of rotatable bonds is 9. The monoisotopic (exact) mass is 470 g/mol. The zero-order valence-corrected chi connectivity index (χ0v) is 19.3. The molecular formula is C30H30O5. The van der Waals surface area contributed by atoms with Crippen molar-refractivity contribution in [3.63, 3.8) is 0 Å². The van der Waals surface area contributed by atoms with Crippen LogP contribution in [0, 0.1) is 0 Å². The van der Waals surface area contributed by atoms with E-state index >= 15 is 0 Å². The highest BCUT2D eigenvalue weighted by molar-refractivity contribution is 5.39. The average molecular weight is 471 g/mol. The highest BCUT2D eigenvalue weighted by Gasteiger charge is 2.24. The van der Waals surface area contributed by atoms with Crippen molar-refractivity contribution in [3.8, 4) is 23.0 Å². The number of hydrogen-bond acceptors (Lipinski definition) is 5. The van der Waals surface area contributed by atoms with Crippen LogP contribution in [-0.4, -0.2) is 31.6 Å². The molecule has 0 saturated carbocycles. The van der Waals surface area contributed by atoms with Crippen molar-refractivity contribution in [2.45, 2.75) is 37.2 Å². The van der Waals surface area contributed by atoms with Gasteiger partial charge >= 0.3 is 0 Å². The van der Waals surface area contributed by atoms with E-state index < -0.39 is 6.10 Å². The van der Waals surface area contributed by atoms with Crippen LogP contribution in [0.3, 0.4) is 0 Å². The number of hydrogen-bond donors (Lipinski definition) is 5. The standard InChI is InChI=1S/C30H30O5/c31-24-12-4-20(5-13-24)28(21-6-14-25(32)15-7-21)2-1-3-29(35)30(22-8-16-26(33)17-9-22)23-10-18-27(34)19-11-23/h4-19,28-35H,1-3H2. The Labute approximate surface area is 205 Å². The number of aliphatic hydroxyl groups excluding tert-OH is 1. The van der Waals surface area contributed by atoms with Crippen molar-refractivity contribution in [2.24, 2.45) is 0 Å². The normalized spacial score (nSPS) is 12.2. The predicted molar refractivity (Wildman–Crippen MR) is 136 cm³/mol. The fourth-order valence-corrected chi connectivity index (χ4v) is 4.64. The van der Waals surface area contributed by atoms with Gasteiger partial charge in [0.05, 0.1) is 6.10 Å². The fraction of sp³-hybridized carbons (Fsp3) is 0.200. The maximum absolute atomic E-state index is 11.3. The summed E-state index contributed by atoms with van der Waals surface area (Å²) in [5.74, 6) is 0.483. The Hall–Kier alpha value is -3.96. The van der Waals surface area contributed by atoms with Crippen LogP contribution in [-0.2, 0) is 0 Å². The summed E-state index contributed by atoms with van der Waals surface area (Å²) in [6, 6.07) is 28.0. The van der Waals surface area contributed by atoms with E-state index in [0.717, 1.165) is 35.1 Å². The first-order chi connectivity index (χ1) is 16.9. The van der Waals surface area contributed by atoms with Crippen molar-refractivity contribution in [3.05, 3.63) is 119 Å². The first-order valence-corrected chi connectivity index (χ1v) is 11.7. The smallest absolute Gasteiger partial charge is 0.115 e. The van der Waals surface area contributed by atoms with E-state index in [9.17, 15) is 25.5 Å². The minimum absolute atomic E-state index is 0.0456. The first-order valence-electron chi connectivity index (χ1n) is 11.7. The minimum atomic E-state index is -0.677. The van der Waals surface area contributed by atoms with Crippen LogP contribution in [0.1, 0.15) is 53.4 Å². The van der Waals surface area contributed by atoms with E-state index in [4.69, 9.17) is 0 Å². The van der Waals surface area contributed by atoms with Crippen LogP contribution in [0.2, 0.25) is 0 Å². The third kappa shape index (κ3) is 6.14. The topological polar surface area (TPSA) is 101 Å². The Morgan fingerprint density at radius 2 is 0.743 bits per heavy atom. The van der Waals surface area contributed by atoms with Gasteiger partial charge < -0.3 is 25.5 Å².